The summed E-state index contributed by atoms with van der Waals surface area (Å²) in [5, 5.41) is 48.5. The number of hydrogen-bond donors (Lipinski definition) is 6. The number of nitrogens with zero attached hydrogens (tertiary/aromatic N) is 10. The highest BCUT2D eigenvalue weighted by molar-refractivity contribution is 6.44. The van der Waals surface area contributed by atoms with Crippen molar-refractivity contribution in [2.75, 3.05) is 0 Å². The Balaban J connectivity index is 1.44. The predicted molar refractivity (Wildman–Crippen MR) is 153 cm³/mol. The third kappa shape index (κ3) is 3.96. The van der Waals surface area contributed by atoms with Crippen molar-refractivity contribution in [2.45, 2.75) is 0 Å². The summed E-state index contributed by atoms with van der Waals surface area (Å²) in [7, 11) is 0. The van der Waals surface area contributed by atoms with Crippen molar-refractivity contribution in [3.8, 4) is 18.2 Å². The summed E-state index contributed by atoms with van der Waals surface area (Å²) in [5.41, 5.74) is 0.635. The maximum absolute atomic E-state index is 10.2. The molecule has 16 heteroatoms. The van der Waals surface area contributed by atoms with Crippen LogP contribution < -0.4 is 31.9 Å². The minimum absolute atomic E-state index is 0.0104. The summed E-state index contributed by atoms with van der Waals surface area (Å²) < 4.78 is 0. The first kappa shape index (κ1) is 24.0. The minimum Gasteiger partial charge on any atom is -0.342 e. The van der Waals surface area contributed by atoms with Gasteiger partial charge in [-0.3, -0.25) is 0 Å². The molecule has 0 atom stereocenters. The largest absolute Gasteiger partial charge is 0.342 e. The number of fused-ring (bicyclic) bond motifs is 3. The molecule has 0 radical (unpaired) electrons. The van der Waals surface area contributed by atoms with Gasteiger partial charge in [0.15, 0.2) is 52.5 Å². The number of nitriles is 3. The second-order valence-electron chi connectivity index (χ2n) is 8.69. The number of allylic oxidation sites excluding steroid dienone is 3. The molecule has 1 aromatic rings. The fraction of sp³-hybridized carbons (Fsp3) is 0. The van der Waals surface area contributed by atoms with E-state index in [1.54, 1.807) is 37.2 Å². The maximum atomic E-state index is 10.2. The molecule has 16 nitrogen and oxygen atoms in total. The van der Waals surface area contributed by atoms with Crippen LogP contribution >= 0.6 is 0 Å². The third-order valence-corrected chi connectivity index (χ3v) is 6.18. The summed E-state index contributed by atoms with van der Waals surface area (Å²) in [4.78, 5) is 31.2. The Morgan fingerprint density at radius 2 is 0.738 bits per heavy atom. The van der Waals surface area contributed by atoms with Crippen LogP contribution in [-0.2, 0) is 0 Å². The smallest absolute Gasteiger partial charge is 0.176 e. The molecule has 0 bridgehead atoms. The first-order valence-corrected chi connectivity index (χ1v) is 12.2. The highest BCUT2D eigenvalue weighted by atomic mass is 15.2. The van der Waals surface area contributed by atoms with E-state index in [0.29, 0.717) is 40.6 Å². The zero-order valence-corrected chi connectivity index (χ0v) is 21.1. The van der Waals surface area contributed by atoms with E-state index in [0.717, 1.165) is 0 Å². The Bertz CT molecular complexity index is 1680. The molecule has 7 rings (SSSR count). The second-order valence-corrected chi connectivity index (χ2v) is 8.69. The average Bonchev–Trinajstić information content (AvgIpc) is 3.75. The van der Waals surface area contributed by atoms with E-state index in [2.05, 4.69) is 85.0 Å². The normalized spacial score (nSPS) is 18.1. The molecule has 6 aliphatic heterocycles. The van der Waals surface area contributed by atoms with Crippen LogP contribution in [0.2, 0.25) is 0 Å². The molecule has 0 fully saturated rings. The monoisotopic (exact) mass is 550 g/mol. The standard InChI is InChI=1S/C26H14N16/c27-9-13(18-37-21-22(38-18)31-2-1-30-21)12-7-16(14(10-28)19-39-23-24(40-19)33-4-3-32-23)36-17(8-12)15(11-29)20-41-25-26(42-20)35-6-5-34-25/h1-8H,(H,30,37)(H,31,38)(H,32,39)(H,33,40)(H,34,41)(H,35,42). The van der Waals surface area contributed by atoms with E-state index in [-0.39, 0.29) is 45.6 Å². The van der Waals surface area contributed by atoms with Gasteiger partial charge in [-0.25, -0.2) is 34.9 Å². The van der Waals surface area contributed by atoms with Gasteiger partial charge in [-0.15, -0.1) is 0 Å². The summed E-state index contributed by atoms with van der Waals surface area (Å²) in [6.07, 6.45) is 9.87. The molecule has 0 saturated heterocycles. The van der Waals surface area contributed by atoms with Crippen LogP contribution in [0.4, 0.5) is 0 Å². The van der Waals surface area contributed by atoms with Gasteiger partial charge in [0.2, 0.25) is 0 Å². The molecule has 7 heterocycles. The van der Waals surface area contributed by atoms with E-state index in [1.165, 1.54) is 12.1 Å². The minimum atomic E-state index is 0.0104. The topological polar surface area (TPSA) is 231 Å². The van der Waals surface area contributed by atoms with Gasteiger partial charge >= 0.3 is 0 Å². The summed E-state index contributed by atoms with van der Waals surface area (Å²) in [6.45, 7) is 0. The zero-order valence-electron chi connectivity index (χ0n) is 21.1. The quantitative estimate of drug-likeness (QED) is 0.277. The molecular weight excluding hydrogens is 536 g/mol. The Kier molecular flexibility index (Phi) is 5.46. The van der Waals surface area contributed by atoms with Crippen molar-refractivity contribution in [1.82, 2.24) is 36.9 Å². The predicted octanol–water partition coefficient (Wildman–Crippen LogP) is 0.0819. The van der Waals surface area contributed by atoms with Crippen molar-refractivity contribution in [1.29, 1.82) is 15.8 Å². The van der Waals surface area contributed by atoms with E-state index >= 15 is 0 Å². The molecule has 42 heavy (non-hydrogen) atoms. The van der Waals surface area contributed by atoms with E-state index in [4.69, 9.17) is 0 Å². The summed E-state index contributed by atoms with van der Waals surface area (Å²) in [6, 6.07) is 9.46. The Morgan fingerprint density at radius 3 is 1.02 bits per heavy atom. The van der Waals surface area contributed by atoms with Crippen molar-refractivity contribution >= 4 is 51.7 Å². The zero-order chi connectivity index (χ0) is 28.6. The molecule has 6 N–H and O–H groups in total. The van der Waals surface area contributed by atoms with Crippen molar-refractivity contribution < 1.29 is 0 Å². The Morgan fingerprint density at radius 1 is 0.452 bits per heavy atom. The molecule has 198 valence electrons. The van der Waals surface area contributed by atoms with Gasteiger partial charge in [0.1, 0.15) is 34.9 Å². The lowest BCUT2D eigenvalue weighted by Crippen LogP contribution is -2.37. The first-order chi connectivity index (χ1) is 20.6. The maximum Gasteiger partial charge on any atom is 0.176 e. The molecule has 0 spiro atoms. The third-order valence-electron chi connectivity index (χ3n) is 6.18. The second kappa shape index (κ2) is 9.57. The molecular formula is C26H14N16. The van der Waals surface area contributed by atoms with Crippen LogP contribution in [0.5, 0.6) is 0 Å². The summed E-state index contributed by atoms with van der Waals surface area (Å²) in [5.74, 6) is 2.92. The van der Waals surface area contributed by atoms with Crippen molar-refractivity contribution in [2.24, 2.45) is 30.0 Å². The lowest BCUT2D eigenvalue weighted by atomic mass is 10.0. The molecule has 0 saturated carbocycles. The van der Waals surface area contributed by atoms with E-state index < -0.39 is 0 Å². The van der Waals surface area contributed by atoms with Gasteiger partial charge < -0.3 is 31.9 Å². The van der Waals surface area contributed by atoms with Crippen LogP contribution in [0, 0.1) is 34.0 Å². The number of hydrogen-bond acceptors (Lipinski definition) is 16. The number of amidine groups is 6. The van der Waals surface area contributed by atoms with Gasteiger partial charge in [-0.05, 0) is 12.1 Å². The van der Waals surface area contributed by atoms with E-state index in [1.807, 2.05) is 0 Å². The average molecular weight is 551 g/mol. The lowest BCUT2D eigenvalue weighted by molar-refractivity contribution is 1.16. The van der Waals surface area contributed by atoms with Gasteiger partial charge in [0.05, 0.1) is 11.4 Å². The van der Waals surface area contributed by atoms with Crippen molar-refractivity contribution in [3.63, 3.8) is 0 Å². The molecule has 6 aliphatic rings. The summed E-state index contributed by atoms with van der Waals surface area (Å²) >= 11 is 0. The van der Waals surface area contributed by atoms with Crippen LogP contribution in [0.1, 0.15) is 17.0 Å². The van der Waals surface area contributed by atoms with Gasteiger partial charge in [0.25, 0.3) is 0 Å². The fourth-order valence-electron chi connectivity index (χ4n) is 4.31. The Hall–Kier alpha value is -7.12. The van der Waals surface area contributed by atoms with Gasteiger partial charge in [-0.2, -0.15) is 15.8 Å². The SMILES string of the molecule is N#CC(=C1N=C2NC=CNC2=N1)c1cc(C(C#N)=C2N=C3NC=CNC3=N2)nc(C(C#N)=C2N=C3NC=CNC3=N2)c1. The number of rotatable bonds is 3. The van der Waals surface area contributed by atoms with Crippen LogP contribution in [0.25, 0.3) is 16.7 Å². The highest BCUT2D eigenvalue weighted by Crippen LogP contribution is 2.31. The fourth-order valence-corrected chi connectivity index (χ4v) is 4.31. The van der Waals surface area contributed by atoms with E-state index in [9.17, 15) is 15.8 Å². The first-order valence-electron chi connectivity index (χ1n) is 12.2. The van der Waals surface area contributed by atoms with Crippen LogP contribution in [-0.4, -0.2) is 40.0 Å². The molecule has 1 aromatic heterocycles. The number of nitrogens with one attached hydrogen (secondary N) is 6. The molecule has 0 amide bonds. The van der Waals surface area contributed by atoms with Crippen molar-refractivity contribution in [3.05, 3.63) is 83.7 Å². The lowest BCUT2D eigenvalue weighted by Gasteiger charge is -2.09. The number of aromatic nitrogens is 1. The van der Waals surface area contributed by atoms with Gasteiger partial charge in [0, 0.05) is 42.8 Å². The van der Waals surface area contributed by atoms with Crippen LogP contribution in [0.15, 0.2) is 96.7 Å². The molecule has 0 unspecified atom stereocenters. The Labute approximate surface area is 236 Å². The van der Waals surface area contributed by atoms with Crippen LogP contribution in [0.3, 0.4) is 0 Å². The highest BCUT2D eigenvalue weighted by Gasteiger charge is 2.27. The molecule has 0 aromatic carbocycles. The molecule has 0 aliphatic carbocycles. The van der Waals surface area contributed by atoms with Gasteiger partial charge in [-0.1, -0.05) is 0 Å². The number of aliphatic imine (C=N–C) groups is 6. The number of pyridine rings is 1.